The van der Waals surface area contributed by atoms with Gasteiger partial charge in [0.2, 0.25) is 5.91 Å². The molecule has 3 fully saturated rings. The fourth-order valence-corrected chi connectivity index (χ4v) is 4.12. The third-order valence-electron chi connectivity index (χ3n) is 5.17. The minimum atomic E-state index is 0.122. The molecule has 1 heterocycles. The molecule has 0 radical (unpaired) electrons. The second-order valence-electron chi connectivity index (χ2n) is 6.25. The van der Waals surface area contributed by atoms with Crippen molar-refractivity contribution in [2.75, 3.05) is 13.1 Å². The highest BCUT2D eigenvalue weighted by atomic mass is 16.2. The van der Waals surface area contributed by atoms with Gasteiger partial charge in [0.15, 0.2) is 0 Å². The molecule has 2 saturated carbocycles. The molecule has 3 rings (SSSR count). The van der Waals surface area contributed by atoms with E-state index in [2.05, 4.69) is 4.90 Å². The highest BCUT2D eigenvalue weighted by Gasteiger charge is 2.41. The molecule has 0 spiro atoms. The minimum absolute atomic E-state index is 0.122. The lowest BCUT2D eigenvalue weighted by Crippen LogP contribution is -2.45. The average molecular weight is 236 g/mol. The van der Waals surface area contributed by atoms with Crippen LogP contribution in [-0.4, -0.2) is 29.9 Å². The summed E-state index contributed by atoms with van der Waals surface area (Å²) in [4.78, 5) is 14.6. The van der Waals surface area contributed by atoms with Gasteiger partial charge in [-0.25, -0.2) is 0 Å². The number of nitrogens with two attached hydrogens (primary N) is 1. The molecule has 17 heavy (non-hydrogen) atoms. The number of fused-ring (bicyclic) bond motifs is 1. The Morgan fingerprint density at radius 2 is 1.59 bits per heavy atom. The number of amides is 1. The van der Waals surface area contributed by atoms with Gasteiger partial charge in [0.25, 0.3) is 0 Å². The van der Waals surface area contributed by atoms with Crippen molar-refractivity contribution in [3.8, 4) is 0 Å². The molecule has 0 aromatic rings. The van der Waals surface area contributed by atoms with E-state index < -0.39 is 0 Å². The molecular formula is C14H24N2O. The van der Waals surface area contributed by atoms with E-state index in [1.165, 1.54) is 32.1 Å². The van der Waals surface area contributed by atoms with Gasteiger partial charge in [0, 0.05) is 19.1 Å². The van der Waals surface area contributed by atoms with Gasteiger partial charge in [-0.15, -0.1) is 0 Å². The van der Waals surface area contributed by atoms with Crippen LogP contribution in [0.3, 0.4) is 0 Å². The quantitative estimate of drug-likeness (QED) is 0.754. The molecule has 3 nitrogen and oxygen atoms in total. The van der Waals surface area contributed by atoms with Crippen LogP contribution >= 0.6 is 0 Å². The Morgan fingerprint density at radius 1 is 0.941 bits per heavy atom. The summed E-state index contributed by atoms with van der Waals surface area (Å²) in [5, 5.41) is 0. The largest absolute Gasteiger partial charge is 0.342 e. The first kappa shape index (κ1) is 11.5. The lowest BCUT2D eigenvalue weighted by atomic mass is 9.84. The number of carbonyl (C=O) groups is 1. The van der Waals surface area contributed by atoms with Crippen LogP contribution in [0.25, 0.3) is 0 Å². The zero-order valence-corrected chi connectivity index (χ0v) is 10.6. The van der Waals surface area contributed by atoms with Crippen molar-refractivity contribution >= 4 is 5.91 Å². The van der Waals surface area contributed by atoms with Crippen LogP contribution in [0, 0.1) is 17.8 Å². The van der Waals surface area contributed by atoms with Gasteiger partial charge in [-0.1, -0.05) is 19.3 Å². The summed E-state index contributed by atoms with van der Waals surface area (Å²) in [7, 11) is 0. The van der Waals surface area contributed by atoms with Crippen molar-refractivity contribution in [3.63, 3.8) is 0 Å². The number of carbonyl (C=O) groups excluding carboxylic acids is 1. The molecule has 1 saturated heterocycles. The molecule has 3 aliphatic rings. The first-order chi connectivity index (χ1) is 8.25. The maximum Gasteiger partial charge on any atom is 0.227 e. The van der Waals surface area contributed by atoms with Crippen LogP contribution in [0.1, 0.15) is 44.9 Å². The predicted octanol–water partition coefficient (Wildman–Crippen LogP) is 1.76. The fourth-order valence-electron chi connectivity index (χ4n) is 4.12. The van der Waals surface area contributed by atoms with E-state index in [-0.39, 0.29) is 12.0 Å². The minimum Gasteiger partial charge on any atom is -0.342 e. The van der Waals surface area contributed by atoms with Gasteiger partial charge < -0.3 is 10.6 Å². The van der Waals surface area contributed by atoms with E-state index in [0.717, 1.165) is 37.8 Å². The molecule has 4 atom stereocenters. The molecule has 1 aliphatic heterocycles. The zero-order chi connectivity index (χ0) is 11.8. The Kier molecular flexibility index (Phi) is 3.12. The summed E-state index contributed by atoms with van der Waals surface area (Å²) in [5.74, 6) is 2.10. The Balaban J connectivity index is 1.62. The second kappa shape index (κ2) is 4.60. The van der Waals surface area contributed by atoms with Crippen LogP contribution in [0.2, 0.25) is 0 Å². The average Bonchev–Trinajstić information content (AvgIpc) is 2.88. The number of nitrogens with zero attached hydrogens (tertiary/aromatic N) is 1. The highest BCUT2D eigenvalue weighted by molar-refractivity contribution is 5.80. The van der Waals surface area contributed by atoms with Gasteiger partial charge in [-0.2, -0.15) is 0 Å². The Bertz CT molecular complexity index is 293. The third-order valence-corrected chi connectivity index (χ3v) is 5.17. The summed E-state index contributed by atoms with van der Waals surface area (Å²) in [6, 6.07) is 0.122. The van der Waals surface area contributed by atoms with Crippen molar-refractivity contribution in [1.82, 2.24) is 4.90 Å². The number of hydrogen-bond donors (Lipinski definition) is 1. The maximum absolute atomic E-state index is 12.5. The van der Waals surface area contributed by atoms with Crippen molar-refractivity contribution in [3.05, 3.63) is 0 Å². The molecule has 2 aliphatic carbocycles. The highest BCUT2D eigenvalue weighted by Crippen LogP contribution is 2.39. The Morgan fingerprint density at radius 3 is 2.24 bits per heavy atom. The second-order valence-corrected chi connectivity index (χ2v) is 6.25. The van der Waals surface area contributed by atoms with E-state index >= 15 is 0 Å². The van der Waals surface area contributed by atoms with Crippen molar-refractivity contribution in [1.29, 1.82) is 0 Å². The lowest BCUT2D eigenvalue weighted by molar-refractivity contribution is -0.136. The first-order valence-corrected chi connectivity index (χ1v) is 7.30. The normalized spacial score (nSPS) is 41.6. The summed E-state index contributed by atoms with van der Waals surface area (Å²) in [6.07, 6.45) is 8.50. The molecule has 0 aromatic heterocycles. The summed E-state index contributed by atoms with van der Waals surface area (Å²) in [6.45, 7) is 2.04. The van der Waals surface area contributed by atoms with Crippen LogP contribution < -0.4 is 5.73 Å². The predicted molar refractivity (Wildman–Crippen MR) is 67.3 cm³/mol. The monoisotopic (exact) mass is 236 g/mol. The fraction of sp³-hybridized carbons (Fsp3) is 0.929. The molecule has 0 bridgehead atoms. The van der Waals surface area contributed by atoms with Gasteiger partial charge in [0.1, 0.15) is 0 Å². The standard InChI is InChI=1S/C14H24N2O/c15-13-7-2-1-6-12(13)14(17)16-8-10-4-3-5-11(10)9-16/h10-13H,1-9,15H2. The molecular weight excluding hydrogens is 212 g/mol. The van der Waals surface area contributed by atoms with E-state index in [4.69, 9.17) is 5.73 Å². The molecule has 96 valence electrons. The van der Waals surface area contributed by atoms with E-state index in [0.29, 0.717) is 5.91 Å². The summed E-state index contributed by atoms with van der Waals surface area (Å²) >= 11 is 0. The van der Waals surface area contributed by atoms with E-state index in [1.807, 2.05) is 0 Å². The van der Waals surface area contributed by atoms with Crippen LogP contribution in [-0.2, 0) is 4.79 Å². The van der Waals surface area contributed by atoms with Crippen LogP contribution in [0.5, 0.6) is 0 Å². The third kappa shape index (κ3) is 2.10. The molecule has 0 aromatic carbocycles. The summed E-state index contributed by atoms with van der Waals surface area (Å²) in [5.41, 5.74) is 6.12. The maximum atomic E-state index is 12.5. The van der Waals surface area contributed by atoms with Crippen molar-refractivity contribution < 1.29 is 4.79 Å². The van der Waals surface area contributed by atoms with Gasteiger partial charge in [0.05, 0.1) is 5.92 Å². The first-order valence-electron chi connectivity index (χ1n) is 7.30. The summed E-state index contributed by atoms with van der Waals surface area (Å²) < 4.78 is 0. The molecule has 4 unspecified atom stereocenters. The van der Waals surface area contributed by atoms with E-state index in [1.54, 1.807) is 0 Å². The zero-order valence-electron chi connectivity index (χ0n) is 10.6. The molecule has 3 heteroatoms. The SMILES string of the molecule is NC1CCCCC1C(=O)N1CC2CCCC2C1. The van der Waals surface area contributed by atoms with Crippen molar-refractivity contribution in [2.24, 2.45) is 23.5 Å². The van der Waals surface area contributed by atoms with Gasteiger partial charge in [-0.05, 0) is 37.5 Å². The van der Waals surface area contributed by atoms with Crippen LogP contribution in [0.15, 0.2) is 0 Å². The van der Waals surface area contributed by atoms with E-state index in [9.17, 15) is 4.79 Å². The number of rotatable bonds is 1. The Hall–Kier alpha value is -0.570. The molecule has 2 N–H and O–H groups in total. The topological polar surface area (TPSA) is 46.3 Å². The smallest absolute Gasteiger partial charge is 0.227 e. The van der Waals surface area contributed by atoms with Gasteiger partial charge >= 0.3 is 0 Å². The van der Waals surface area contributed by atoms with Crippen molar-refractivity contribution in [2.45, 2.75) is 51.0 Å². The number of hydrogen-bond acceptors (Lipinski definition) is 2. The van der Waals surface area contributed by atoms with Crippen LogP contribution in [0.4, 0.5) is 0 Å². The Labute approximate surface area is 104 Å². The van der Waals surface area contributed by atoms with Gasteiger partial charge in [-0.3, -0.25) is 4.79 Å². The number of likely N-dealkylation sites (tertiary alicyclic amines) is 1. The lowest BCUT2D eigenvalue weighted by Gasteiger charge is -2.31. The molecule has 1 amide bonds.